The van der Waals surface area contributed by atoms with Crippen LogP contribution in [-0.2, 0) is 9.53 Å². The van der Waals surface area contributed by atoms with Crippen molar-refractivity contribution in [1.82, 2.24) is 14.9 Å². The van der Waals surface area contributed by atoms with Crippen molar-refractivity contribution in [3.05, 3.63) is 18.1 Å². The first-order chi connectivity index (χ1) is 8.75. The third kappa shape index (κ3) is 3.66. The van der Waals surface area contributed by atoms with Crippen molar-refractivity contribution < 1.29 is 9.53 Å². The molecule has 2 heterocycles. The molecule has 18 heavy (non-hydrogen) atoms. The molecule has 0 saturated carbocycles. The minimum Gasteiger partial charge on any atom is -0.378 e. The average molecular weight is 250 g/mol. The number of hydrogen-bond acceptors (Lipinski definition) is 5. The SMILES string of the molecule is Cc1nccc(NCCC(=O)N2CCOCC2)n1. The number of aryl methyl sites for hydroxylation is 1. The van der Waals surface area contributed by atoms with Crippen molar-refractivity contribution in [2.75, 3.05) is 38.2 Å². The molecule has 0 bridgehead atoms. The second-order valence-corrected chi connectivity index (χ2v) is 4.16. The minimum atomic E-state index is 0.163. The van der Waals surface area contributed by atoms with E-state index in [0.717, 1.165) is 11.6 Å². The van der Waals surface area contributed by atoms with Crippen molar-refractivity contribution in [2.45, 2.75) is 13.3 Å². The van der Waals surface area contributed by atoms with Gasteiger partial charge in [-0.1, -0.05) is 0 Å². The van der Waals surface area contributed by atoms with Crippen LogP contribution in [0.2, 0.25) is 0 Å². The van der Waals surface area contributed by atoms with E-state index in [1.54, 1.807) is 12.3 Å². The smallest absolute Gasteiger partial charge is 0.224 e. The Labute approximate surface area is 106 Å². The summed E-state index contributed by atoms with van der Waals surface area (Å²) in [5, 5.41) is 3.13. The zero-order chi connectivity index (χ0) is 12.8. The number of carbonyl (C=O) groups is 1. The highest BCUT2D eigenvalue weighted by Crippen LogP contribution is 2.03. The number of aromatic nitrogens is 2. The molecule has 0 aromatic carbocycles. The van der Waals surface area contributed by atoms with E-state index in [4.69, 9.17) is 4.74 Å². The van der Waals surface area contributed by atoms with Gasteiger partial charge in [0.15, 0.2) is 0 Å². The van der Waals surface area contributed by atoms with E-state index in [2.05, 4.69) is 15.3 Å². The fourth-order valence-electron chi connectivity index (χ4n) is 1.82. The zero-order valence-electron chi connectivity index (χ0n) is 10.6. The zero-order valence-corrected chi connectivity index (χ0v) is 10.6. The number of anilines is 1. The lowest BCUT2D eigenvalue weighted by molar-refractivity contribution is -0.134. The van der Waals surface area contributed by atoms with Gasteiger partial charge in [0.25, 0.3) is 0 Å². The molecule has 1 saturated heterocycles. The highest BCUT2D eigenvalue weighted by Gasteiger charge is 2.15. The summed E-state index contributed by atoms with van der Waals surface area (Å²) in [5.41, 5.74) is 0. The molecule has 6 nitrogen and oxygen atoms in total. The van der Waals surface area contributed by atoms with Gasteiger partial charge < -0.3 is 15.0 Å². The van der Waals surface area contributed by atoms with E-state index in [1.165, 1.54) is 0 Å². The molecule has 0 radical (unpaired) electrons. The Kier molecular flexibility index (Phi) is 4.46. The summed E-state index contributed by atoms with van der Waals surface area (Å²) in [6.45, 7) is 5.11. The van der Waals surface area contributed by atoms with Crippen LogP contribution in [0.3, 0.4) is 0 Å². The standard InChI is InChI=1S/C12H18N4O2/c1-10-13-4-2-11(15-10)14-5-3-12(17)16-6-8-18-9-7-16/h2,4H,3,5-9H2,1H3,(H,13,14,15). The van der Waals surface area contributed by atoms with Gasteiger partial charge in [-0.2, -0.15) is 0 Å². The van der Waals surface area contributed by atoms with Crippen molar-refractivity contribution in [3.63, 3.8) is 0 Å². The highest BCUT2D eigenvalue weighted by atomic mass is 16.5. The van der Waals surface area contributed by atoms with Gasteiger partial charge in [-0.15, -0.1) is 0 Å². The molecule has 0 spiro atoms. The summed E-state index contributed by atoms with van der Waals surface area (Å²) < 4.78 is 5.21. The van der Waals surface area contributed by atoms with Crippen LogP contribution in [0.1, 0.15) is 12.2 Å². The Hall–Kier alpha value is -1.69. The van der Waals surface area contributed by atoms with Crippen molar-refractivity contribution in [3.8, 4) is 0 Å². The fraction of sp³-hybridized carbons (Fsp3) is 0.583. The number of amides is 1. The predicted octanol–water partition coefficient (Wildman–Crippen LogP) is 0.446. The third-order valence-electron chi connectivity index (χ3n) is 2.78. The predicted molar refractivity (Wildman–Crippen MR) is 67.3 cm³/mol. The number of nitrogens with zero attached hydrogens (tertiary/aromatic N) is 3. The Morgan fingerprint density at radius 2 is 2.28 bits per heavy atom. The van der Waals surface area contributed by atoms with E-state index < -0.39 is 0 Å². The Morgan fingerprint density at radius 1 is 1.50 bits per heavy atom. The van der Waals surface area contributed by atoms with Gasteiger partial charge in [-0.25, -0.2) is 9.97 Å². The molecule has 1 aliphatic rings. The van der Waals surface area contributed by atoms with E-state index in [1.807, 2.05) is 11.8 Å². The number of hydrogen-bond donors (Lipinski definition) is 1. The molecule has 6 heteroatoms. The molecule has 1 fully saturated rings. The van der Waals surface area contributed by atoms with Gasteiger partial charge in [0, 0.05) is 32.3 Å². The lowest BCUT2D eigenvalue weighted by atomic mass is 10.3. The number of nitrogens with one attached hydrogen (secondary N) is 1. The summed E-state index contributed by atoms with van der Waals surface area (Å²) in [4.78, 5) is 21.9. The molecule has 1 aliphatic heterocycles. The number of morpholine rings is 1. The normalized spacial score (nSPS) is 15.5. The van der Waals surface area contributed by atoms with Gasteiger partial charge in [-0.05, 0) is 13.0 Å². The lowest BCUT2D eigenvalue weighted by Crippen LogP contribution is -2.41. The van der Waals surface area contributed by atoms with Gasteiger partial charge in [0.2, 0.25) is 5.91 Å². The maximum Gasteiger partial charge on any atom is 0.224 e. The van der Waals surface area contributed by atoms with Crippen LogP contribution in [0.15, 0.2) is 12.3 Å². The molecule has 0 aliphatic carbocycles. The monoisotopic (exact) mass is 250 g/mol. The molecular formula is C12H18N4O2. The number of rotatable bonds is 4. The molecule has 0 unspecified atom stereocenters. The quantitative estimate of drug-likeness (QED) is 0.840. The van der Waals surface area contributed by atoms with E-state index >= 15 is 0 Å². The summed E-state index contributed by atoms with van der Waals surface area (Å²) in [6.07, 6.45) is 2.18. The van der Waals surface area contributed by atoms with E-state index in [0.29, 0.717) is 39.3 Å². The van der Waals surface area contributed by atoms with E-state index in [-0.39, 0.29) is 5.91 Å². The first-order valence-corrected chi connectivity index (χ1v) is 6.15. The summed E-state index contributed by atoms with van der Waals surface area (Å²) in [6, 6.07) is 1.80. The third-order valence-corrected chi connectivity index (χ3v) is 2.78. The molecule has 1 aromatic heterocycles. The molecular weight excluding hydrogens is 232 g/mol. The van der Waals surface area contributed by atoms with Gasteiger partial charge in [-0.3, -0.25) is 4.79 Å². The molecule has 98 valence electrons. The van der Waals surface area contributed by atoms with Crippen LogP contribution in [0, 0.1) is 6.92 Å². The summed E-state index contributed by atoms with van der Waals surface area (Å²) in [5.74, 6) is 1.65. The van der Waals surface area contributed by atoms with Crippen LogP contribution in [0.4, 0.5) is 5.82 Å². The van der Waals surface area contributed by atoms with Crippen molar-refractivity contribution >= 4 is 11.7 Å². The van der Waals surface area contributed by atoms with Crippen molar-refractivity contribution in [1.29, 1.82) is 0 Å². The Bertz CT molecular complexity index is 405. The second-order valence-electron chi connectivity index (χ2n) is 4.16. The number of carbonyl (C=O) groups excluding carboxylic acids is 1. The summed E-state index contributed by atoms with van der Waals surface area (Å²) in [7, 11) is 0. The van der Waals surface area contributed by atoms with Crippen LogP contribution in [-0.4, -0.2) is 53.6 Å². The molecule has 2 rings (SSSR count). The maximum absolute atomic E-state index is 11.9. The van der Waals surface area contributed by atoms with E-state index in [9.17, 15) is 4.79 Å². The Balaban J connectivity index is 1.73. The second kappa shape index (κ2) is 6.30. The highest BCUT2D eigenvalue weighted by molar-refractivity contribution is 5.76. The van der Waals surface area contributed by atoms with Gasteiger partial charge >= 0.3 is 0 Å². The molecule has 1 aromatic rings. The van der Waals surface area contributed by atoms with Crippen LogP contribution in [0.25, 0.3) is 0 Å². The minimum absolute atomic E-state index is 0.163. The van der Waals surface area contributed by atoms with Crippen LogP contribution >= 0.6 is 0 Å². The maximum atomic E-state index is 11.9. The van der Waals surface area contributed by atoms with Gasteiger partial charge in [0.1, 0.15) is 11.6 Å². The summed E-state index contributed by atoms with van der Waals surface area (Å²) >= 11 is 0. The molecule has 1 amide bonds. The largest absolute Gasteiger partial charge is 0.378 e. The first kappa shape index (κ1) is 12.8. The average Bonchev–Trinajstić information content (AvgIpc) is 2.40. The van der Waals surface area contributed by atoms with Crippen LogP contribution < -0.4 is 5.32 Å². The Morgan fingerprint density at radius 3 is 3.00 bits per heavy atom. The topological polar surface area (TPSA) is 67.4 Å². The van der Waals surface area contributed by atoms with Gasteiger partial charge in [0.05, 0.1) is 13.2 Å². The number of ether oxygens (including phenoxy) is 1. The lowest BCUT2D eigenvalue weighted by Gasteiger charge is -2.26. The fourth-order valence-corrected chi connectivity index (χ4v) is 1.82. The van der Waals surface area contributed by atoms with Crippen molar-refractivity contribution in [2.24, 2.45) is 0 Å². The first-order valence-electron chi connectivity index (χ1n) is 6.15. The molecule has 0 atom stereocenters. The van der Waals surface area contributed by atoms with Crippen LogP contribution in [0.5, 0.6) is 0 Å². The molecule has 1 N–H and O–H groups in total.